The van der Waals surface area contributed by atoms with Crippen molar-refractivity contribution in [2.24, 2.45) is 0 Å². The van der Waals surface area contributed by atoms with Crippen molar-refractivity contribution in [1.29, 1.82) is 0 Å². The van der Waals surface area contributed by atoms with Gasteiger partial charge in [-0.1, -0.05) is 17.2 Å². The number of nitrogens with one attached hydrogen (secondary N) is 1. The predicted molar refractivity (Wildman–Crippen MR) is 53.4 cm³/mol. The van der Waals surface area contributed by atoms with E-state index in [1.54, 1.807) is 10.9 Å². The molecule has 1 aromatic rings. The number of aryl methyl sites for hydroxylation is 1. The Labute approximate surface area is 84.0 Å². The summed E-state index contributed by atoms with van der Waals surface area (Å²) < 4.78 is 13.1. The van der Waals surface area contributed by atoms with Crippen LogP contribution in [0.4, 0.5) is 0 Å². The molecular formula is C6H12N4OS2. The average molecular weight is 220 g/mol. The molecule has 0 aliphatic heterocycles. The normalized spacial score (nSPS) is 15.5. The Kier molecular flexibility index (Phi) is 3.73. The van der Waals surface area contributed by atoms with Crippen LogP contribution >= 0.6 is 12.2 Å². The van der Waals surface area contributed by atoms with Gasteiger partial charge in [-0.15, -0.1) is 0 Å². The molecule has 2 atom stereocenters. The van der Waals surface area contributed by atoms with Crippen LogP contribution in [-0.4, -0.2) is 35.9 Å². The first-order valence-corrected chi connectivity index (χ1v) is 5.94. The second kappa shape index (κ2) is 4.61. The van der Waals surface area contributed by atoms with Crippen molar-refractivity contribution >= 4 is 23.0 Å². The number of hydrogen-bond donors (Lipinski definition) is 1. The van der Waals surface area contributed by atoms with Crippen LogP contribution in [0, 0.1) is 4.77 Å². The molecule has 0 bridgehead atoms. The second-order valence-electron chi connectivity index (χ2n) is 2.83. The summed E-state index contributed by atoms with van der Waals surface area (Å²) in [5, 5.41) is 10.0. The van der Waals surface area contributed by atoms with E-state index in [2.05, 4.69) is 15.5 Å². The van der Waals surface area contributed by atoms with E-state index < -0.39 is 10.8 Å². The maximum Gasteiger partial charge on any atom is 0.238 e. The fourth-order valence-electron chi connectivity index (χ4n) is 0.838. The van der Waals surface area contributed by atoms with Crippen LogP contribution in [0.5, 0.6) is 0 Å². The fraction of sp³-hybridized carbons (Fsp3) is 0.833. The van der Waals surface area contributed by atoms with Crippen molar-refractivity contribution < 1.29 is 4.21 Å². The van der Waals surface area contributed by atoms with Crippen LogP contribution in [-0.2, 0) is 17.3 Å². The zero-order valence-corrected chi connectivity index (χ0v) is 9.19. The van der Waals surface area contributed by atoms with Crippen molar-refractivity contribution in [2.45, 2.75) is 25.1 Å². The number of H-pyrrole nitrogens is 1. The lowest BCUT2D eigenvalue weighted by molar-refractivity contribution is 0.547. The summed E-state index contributed by atoms with van der Waals surface area (Å²) in [6.45, 7) is 2.64. The number of rotatable bonds is 4. The Morgan fingerprint density at radius 2 is 2.46 bits per heavy atom. The molecule has 0 amide bonds. The van der Waals surface area contributed by atoms with Crippen molar-refractivity contribution in [2.75, 3.05) is 6.26 Å². The molecule has 0 saturated carbocycles. The third-order valence-corrected chi connectivity index (χ3v) is 3.53. The molecular weight excluding hydrogens is 208 g/mol. The van der Waals surface area contributed by atoms with Gasteiger partial charge in [0.05, 0.1) is 0 Å². The fourth-order valence-corrected chi connectivity index (χ4v) is 1.45. The zero-order valence-electron chi connectivity index (χ0n) is 7.56. The molecule has 0 saturated heterocycles. The van der Waals surface area contributed by atoms with E-state index in [4.69, 9.17) is 12.2 Å². The number of aromatic nitrogens is 4. The summed E-state index contributed by atoms with van der Waals surface area (Å²) >= 11 is 4.89. The third kappa shape index (κ3) is 3.00. The van der Waals surface area contributed by atoms with Gasteiger partial charge in [0, 0.05) is 28.9 Å². The van der Waals surface area contributed by atoms with Crippen molar-refractivity contribution in [3.63, 3.8) is 0 Å². The predicted octanol–water partition coefficient (Wildman–Crippen LogP) is 0.493. The third-order valence-electron chi connectivity index (χ3n) is 1.86. The topological polar surface area (TPSA) is 63.6 Å². The van der Waals surface area contributed by atoms with Gasteiger partial charge in [0.1, 0.15) is 0 Å². The van der Waals surface area contributed by atoms with Gasteiger partial charge in [-0.2, -0.15) is 5.21 Å². The maximum atomic E-state index is 11.0. The molecule has 1 rings (SSSR count). The number of nitrogens with zero attached hydrogens (tertiary/aromatic N) is 3. The maximum absolute atomic E-state index is 11.0. The Morgan fingerprint density at radius 3 is 2.92 bits per heavy atom. The van der Waals surface area contributed by atoms with Gasteiger partial charge in [-0.05, 0) is 18.6 Å². The van der Waals surface area contributed by atoms with Gasteiger partial charge in [0.2, 0.25) is 4.77 Å². The highest BCUT2D eigenvalue weighted by Gasteiger charge is 2.06. The minimum Gasteiger partial charge on any atom is -0.260 e. The highest BCUT2D eigenvalue weighted by Crippen LogP contribution is 2.00. The van der Waals surface area contributed by atoms with Gasteiger partial charge in [0.15, 0.2) is 0 Å². The standard InChI is InChI=1S/C6H12N4OS2/c1-5(13(2)11)3-4-10-6(12)7-8-9-10/h5H,3-4H2,1-2H3,(H,7,9,12). The molecule has 1 aromatic heterocycles. The molecule has 1 N–H and O–H groups in total. The van der Waals surface area contributed by atoms with Crippen LogP contribution in [0.25, 0.3) is 0 Å². The highest BCUT2D eigenvalue weighted by atomic mass is 32.2. The van der Waals surface area contributed by atoms with Crippen LogP contribution < -0.4 is 0 Å². The molecule has 1 heterocycles. The van der Waals surface area contributed by atoms with Crippen LogP contribution in [0.2, 0.25) is 0 Å². The van der Waals surface area contributed by atoms with E-state index in [0.717, 1.165) is 6.42 Å². The largest absolute Gasteiger partial charge is 0.260 e. The van der Waals surface area contributed by atoms with Gasteiger partial charge >= 0.3 is 0 Å². The molecule has 0 aliphatic carbocycles. The van der Waals surface area contributed by atoms with Crippen molar-refractivity contribution in [3.05, 3.63) is 4.77 Å². The average Bonchev–Trinajstić information content (AvgIpc) is 2.47. The lowest BCUT2D eigenvalue weighted by atomic mass is 10.3. The number of tetrazole rings is 1. The smallest absolute Gasteiger partial charge is 0.238 e. The Hall–Kier alpha value is -0.560. The SMILES string of the molecule is CC(CCn1[nH]nnc1=S)S(C)=O. The van der Waals surface area contributed by atoms with Crippen molar-refractivity contribution in [1.82, 2.24) is 20.2 Å². The number of hydrogen-bond acceptors (Lipinski definition) is 4. The summed E-state index contributed by atoms with van der Waals surface area (Å²) in [5.74, 6) is 0. The number of aromatic amines is 1. The monoisotopic (exact) mass is 220 g/mol. The lowest BCUT2D eigenvalue weighted by Crippen LogP contribution is -2.13. The van der Waals surface area contributed by atoms with E-state index in [-0.39, 0.29) is 5.25 Å². The van der Waals surface area contributed by atoms with Crippen molar-refractivity contribution in [3.8, 4) is 0 Å². The summed E-state index contributed by atoms with van der Waals surface area (Å²) in [6.07, 6.45) is 2.51. The zero-order chi connectivity index (χ0) is 9.84. The summed E-state index contributed by atoms with van der Waals surface area (Å²) in [6, 6.07) is 0. The lowest BCUT2D eigenvalue weighted by Gasteiger charge is -2.06. The summed E-state index contributed by atoms with van der Waals surface area (Å²) in [4.78, 5) is 0. The van der Waals surface area contributed by atoms with Gasteiger partial charge < -0.3 is 0 Å². The molecule has 0 fully saturated rings. The Morgan fingerprint density at radius 1 is 1.77 bits per heavy atom. The minimum absolute atomic E-state index is 0.171. The molecule has 5 nitrogen and oxygen atoms in total. The quantitative estimate of drug-likeness (QED) is 0.750. The summed E-state index contributed by atoms with van der Waals surface area (Å²) in [7, 11) is -0.780. The van der Waals surface area contributed by atoms with E-state index in [1.165, 1.54) is 0 Å². The molecule has 74 valence electrons. The molecule has 2 unspecified atom stereocenters. The van der Waals surface area contributed by atoms with Gasteiger partial charge in [-0.3, -0.25) is 4.21 Å². The Balaban J connectivity index is 2.48. The highest BCUT2D eigenvalue weighted by molar-refractivity contribution is 7.84. The Bertz CT molecular complexity index is 344. The van der Waals surface area contributed by atoms with E-state index >= 15 is 0 Å². The van der Waals surface area contributed by atoms with E-state index in [9.17, 15) is 4.21 Å². The first-order chi connectivity index (χ1) is 6.11. The molecule has 7 heteroatoms. The minimum atomic E-state index is -0.780. The first-order valence-electron chi connectivity index (χ1n) is 3.91. The molecule has 13 heavy (non-hydrogen) atoms. The van der Waals surface area contributed by atoms with E-state index in [0.29, 0.717) is 11.3 Å². The summed E-state index contributed by atoms with van der Waals surface area (Å²) in [5.41, 5.74) is 0. The van der Waals surface area contributed by atoms with Crippen LogP contribution in [0.15, 0.2) is 0 Å². The van der Waals surface area contributed by atoms with Crippen LogP contribution in [0.3, 0.4) is 0 Å². The first kappa shape index (κ1) is 10.5. The molecule has 0 aromatic carbocycles. The van der Waals surface area contributed by atoms with Crippen LogP contribution in [0.1, 0.15) is 13.3 Å². The van der Waals surface area contributed by atoms with E-state index in [1.807, 2.05) is 6.92 Å². The molecule has 0 aliphatic rings. The van der Waals surface area contributed by atoms with Gasteiger partial charge in [-0.25, -0.2) is 4.68 Å². The molecule has 0 radical (unpaired) electrons. The second-order valence-corrected chi connectivity index (χ2v) is 5.00. The molecule has 0 spiro atoms. The van der Waals surface area contributed by atoms with Gasteiger partial charge in [0.25, 0.3) is 0 Å².